The van der Waals surface area contributed by atoms with Crippen LogP contribution in [0.4, 0.5) is 0 Å². The molecule has 1 rings (SSSR count). The number of carbonyl (C=O) groups is 1. The van der Waals surface area contributed by atoms with E-state index in [9.17, 15) is 4.79 Å². The Balaban J connectivity index is 2.66. The lowest BCUT2D eigenvalue weighted by molar-refractivity contribution is -0.138. The number of nitrogens with zero attached hydrogens (tertiary/aromatic N) is 1. The van der Waals surface area contributed by atoms with Gasteiger partial charge in [0.2, 0.25) is 5.91 Å². The maximum absolute atomic E-state index is 12.0. The van der Waals surface area contributed by atoms with E-state index in [1.807, 2.05) is 51.2 Å². The molecule has 0 aliphatic carbocycles. The summed E-state index contributed by atoms with van der Waals surface area (Å²) < 4.78 is 0. The van der Waals surface area contributed by atoms with Crippen molar-refractivity contribution in [3.8, 4) is 0 Å². The van der Waals surface area contributed by atoms with Crippen molar-refractivity contribution in [2.24, 2.45) is 5.41 Å². The third-order valence-electron chi connectivity index (χ3n) is 2.52. The molecule has 0 atom stereocenters. The second-order valence-electron chi connectivity index (χ2n) is 4.66. The Hall–Kier alpha value is -1.02. The molecule has 0 spiro atoms. The second-order valence-corrected chi connectivity index (χ2v) is 4.93. The smallest absolute Gasteiger partial charge is 0.229 e. The van der Waals surface area contributed by atoms with Gasteiger partial charge in [0.1, 0.15) is 0 Å². The van der Waals surface area contributed by atoms with E-state index in [1.54, 1.807) is 4.90 Å². The Kier molecular flexibility index (Phi) is 4.36. The van der Waals surface area contributed by atoms with Crippen molar-refractivity contribution in [3.63, 3.8) is 0 Å². The number of carbonyl (C=O) groups excluding carboxylic acids is 1. The van der Waals surface area contributed by atoms with Crippen LogP contribution >= 0.6 is 11.6 Å². The van der Waals surface area contributed by atoms with Gasteiger partial charge in [-0.3, -0.25) is 4.79 Å². The van der Waals surface area contributed by atoms with E-state index >= 15 is 0 Å². The zero-order chi connectivity index (χ0) is 12.2. The normalized spacial score (nSPS) is 11.2. The van der Waals surface area contributed by atoms with E-state index in [0.29, 0.717) is 12.4 Å². The van der Waals surface area contributed by atoms with Crippen LogP contribution < -0.4 is 0 Å². The molecule has 0 aromatic heterocycles. The van der Waals surface area contributed by atoms with Crippen LogP contribution in [0.2, 0.25) is 0 Å². The summed E-state index contributed by atoms with van der Waals surface area (Å²) in [4.78, 5) is 13.8. The molecule has 0 unspecified atom stereocenters. The lowest BCUT2D eigenvalue weighted by Crippen LogP contribution is -2.39. The lowest BCUT2D eigenvalue weighted by Gasteiger charge is -2.27. The van der Waals surface area contributed by atoms with Crippen molar-refractivity contribution in [1.82, 2.24) is 4.90 Å². The van der Waals surface area contributed by atoms with Gasteiger partial charge in [0.25, 0.3) is 0 Å². The molecule has 0 saturated carbocycles. The van der Waals surface area contributed by atoms with Gasteiger partial charge < -0.3 is 4.90 Å². The van der Waals surface area contributed by atoms with Crippen LogP contribution in [0, 0.1) is 5.41 Å². The Morgan fingerprint density at radius 2 is 1.88 bits per heavy atom. The summed E-state index contributed by atoms with van der Waals surface area (Å²) in [6, 6.07) is 9.93. The van der Waals surface area contributed by atoms with Gasteiger partial charge in [-0.25, -0.2) is 0 Å². The fourth-order valence-corrected chi connectivity index (χ4v) is 1.62. The Labute approximate surface area is 102 Å². The predicted octanol–water partition coefficient (Wildman–Crippen LogP) is 2.91. The molecule has 88 valence electrons. The molecule has 1 aromatic rings. The molecule has 0 N–H and O–H groups in total. The molecular formula is C13H18ClNO. The topological polar surface area (TPSA) is 20.3 Å². The van der Waals surface area contributed by atoms with Gasteiger partial charge >= 0.3 is 0 Å². The first-order valence-corrected chi connectivity index (χ1v) is 5.86. The standard InChI is InChI=1S/C13H18ClNO/c1-13(2,10-14)12(16)15(3)9-11-7-5-4-6-8-11/h4-8H,9-10H2,1-3H3. The summed E-state index contributed by atoms with van der Waals surface area (Å²) in [5, 5.41) is 0. The summed E-state index contributed by atoms with van der Waals surface area (Å²) in [5.74, 6) is 0.414. The van der Waals surface area contributed by atoms with Crippen molar-refractivity contribution in [2.75, 3.05) is 12.9 Å². The van der Waals surface area contributed by atoms with Crippen molar-refractivity contribution < 1.29 is 4.79 Å². The first-order valence-electron chi connectivity index (χ1n) is 5.33. The van der Waals surface area contributed by atoms with Gasteiger partial charge in [-0.1, -0.05) is 30.3 Å². The van der Waals surface area contributed by atoms with Gasteiger partial charge in [-0.15, -0.1) is 11.6 Å². The monoisotopic (exact) mass is 239 g/mol. The summed E-state index contributed by atoms with van der Waals surface area (Å²) in [6.45, 7) is 4.35. The SMILES string of the molecule is CN(Cc1ccccc1)C(=O)C(C)(C)CCl. The Morgan fingerprint density at radius 3 is 2.38 bits per heavy atom. The zero-order valence-electron chi connectivity index (χ0n) is 10.0. The third-order valence-corrected chi connectivity index (χ3v) is 3.19. The highest BCUT2D eigenvalue weighted by Crippen LogP contribution is 2.20. The minimum absolute atomic E-state index is 0.0753. The van der Waals surface area contributed by atoms with E-state index in [2.05, 4.69) is 0 Å². The molecule has 3 heteroatoms. The average molecular weight is 240 g/mol. The molecule has 0 saturated heterocycles. The molecule has 16 heavy (non-hydrogen) atoms. The first-order chi connectivity index (χ1) is 7.47. The molecule has 1 aromatic carbocycles. The molecular weight excluding hydrogens is 222 g/mol. The van der Waals surface area contributed by atoms with Gasteiger partial charge in [0.15, 0.2) is 0 Å². The zero-order valence-corrected chi connectivity index (χ0v) is 10.8. The minimum Gasteiger partial charge on any atom is -0.341 e. The van der Waals surface area contributed by atoms with Crippen LogP contribution in [0.3, 0.4) is 0 Å². The fraction of sp³-hybridized carbons (Fsp3) is 0.462. The average Bonchev–Trinajstić information content (AvgIpc) is 2.29. The van der Waals surface area contributed by atoms with Gasteiger partial charge in [0, 0.05) is 19.5 Å². The van der Waals surface area contributed by atoms with Crippen LogP contribution in [-0.4, -0.2) is 23.7 Å². The van der Waals surface area contributed by atoms with Gasteiger partial charge in [0.05, 0.1) is 5.41 Å². The number of alkyl halides is 1. The largest absolute Gasteiger partial charge is 0.341 e. The van der Waals surface area contributed by atoms with Gasteiger partial charge in [-0.05, 0) is 19.4 Å². The highest BCUT2D eigenvalue weighted by atomic mass is 35.5. The number of halogens is 1. The maximum Gasteiger partial charge on any atom is 0.229 e. The molecule has 0 radical (unpaired) electrons. The highest BCUT2D eigenvalue weighted by Gasteiger charge is 2.29. The Bertz CT molecular complexity index is 348. The number of hydrogen-bond acceptors (Lipinski definition) is 1. The van der Waals surface area contributed by atoms with E-state index in [4.69, 9.17) is 11.6 Å². The Morgan fingerprint density at radius 1 is 1.31 bits per heavy atom. The van der Waals surface area contributed by atoms with Gasteiger partial charge in [-0.2, -0.15) is 0 Å². The first kappa shape index (κ1) is 13.0. The van der Waals surface area contributed by atoms with Crippen molar-refractivity contribution in [3.05, 3.63) is 35.9 Å². The van der Waals surface area contributed by atoms with E-state index < -0.39 is 5.41 Å². The highest BCUT2D eigenvalue weighted by molar-refractivity contribution is 6.19. The van der Waals surface area contributed by atoms with Crippen LogP contribution in [0.1, 0.15) is 19.4 Å². The number of amides is 1. The van der Waals surface area contributed by atoms with E-state index in [0.717, 1.165) is 5.56 Å². The van der Waals surface area contributed by atoms with Crippen molar-refractivity contribution in [2.45, 2.75) is 20.4 Å². The summed E-state index contributed by atoms with van der Waals surface area (Å²) in [7, 11) is 1.81. The molecule has 1 amide bonds. The molecule has 0 heterocycles. The second kappa shape index (κ2) is 5.35. The molecule has 0 aliphatic heterocycles. The number of rotatable bonds is 4. The molecule has 2 nitrogen and oxygen atoms in total. The van der Waals surface area contributed by atoms with E-state index in [-0.39, 0.29) is 5.91 Å². The van der Waals surface area contributed by atoms with E-state index in [1.165, 1.54) is 0 Å². The lowest BCUT2D eigenvalue weighted by atomic mass is 9.94. The summed E-state index contributed by atoms with van der Waals surface area (Å²) in [5.41, 5.74) is 0.633. The quantitative estimate of drug-likeness (QED) is 0.740. The van der Waals surface area contributed by atoms with Crippen molar-refractivity contribution in [1.29, 1.82) is 0 Å². The fourth-order valence-electron chi connectivity index (χ4n) is 1.50. The van der Waals surface area contributed by atoms with Crippen LogP contribution in [0.25, 0.3) is 0 Å². The predicted molar refractivity (Wildman–Crippen MR) is 67.4 cm³/mol. The maximum atomic E-state index is 12.0. The van der Waals surface area contributed by atoms with Crippen LogP contribution in [0.15, 0.2) is 30.3 Å². The summed E-state index contributed by atoms with van der Waals surface area (Å²) >= 11 is 5.79. The number of benzene rings is 1. The van der Waals surface area contributed by atoms with Crippen LogP contribution in [0.5, 0.6) is 0 Å². The van der Waals surface area contributed by atoms with Crippen LogP contribution in [-0.2, 0) is 11.3 Å². The van der Waals surface area contributed by atoms with Crippen molar-refractivity contribution >= 4 is 17.5 Å². The molecule has 0 fully saturated rings. The third kappa shape index (κ3) is 3.24. The molecule has 0 aliphatic rings. The minimum atomic E-state index is -0.495. The summed E-state index contributed by atoms with van der Waals surface area (Å²) in [6.07, 6.45) is 0. The number of hydrogen-bond donors (Lipinski definition) is 0. The molecule has 0 bridgehead atoms.